The molecular formula is C11H15ClN2O2. The fourth-order valence-electron chi connectivity index (χ4n) is 1.07. The highest BCUT2D eigenvalue weighted by molar-refractivity contribution is 6.31. The molecule has 1 rings (SSSR count). The van der Waals surface area contributed by atoms with Crippen molar-refractivity contribution in [3.8, 4) is 5.75 Å². The zero-order chi connectivity index (χ0) is 12.1. The minimum Gasteiger partial charge on any atom is -0.486 e. The molecule has 1 aromatic heterocycles. The summed E-state index contributed by atoms with van der Waals surface area (Å²) in [7, 11) is 0. The van der Waals surface area contributed by atoms with Crippen molar-refractivity contribution in [1.82, 2.24) is 9.78 Å². The van der Waals surface area contributed by atoms with Gasteiger partial charge >= 0.3 is 0 Å². The molecule has 4 nitrogen and oxygen atoms in total. The molecule has 16 heavy (non-hydrogen) atoms. The summed E-state index contributed by atoms with van der Waals surface area (Å²) in [5, 5.41) is 4.01. The van der Waals surface area contributed by atoms with Crippen LogP contribution in [0.15, 0.2) is 22.6 Å². The zero-order valence-corrected chi connectivity index (χ0v) is 10.4. The molecule has 0 aromatic carbocycles. The molecule has 0 aliphatic carbocycles. The van der Waals surface area contributed by atoms with E-state index >= 15 is 0 Å². The molecule has 0 saturated heterocycles. The van der Waals surface area contributed by atoms with E-state index in [9.17, 15) is 4.79 Å². The Kier molecular flexibility index (Phi) is 4.55. The monoisotopic (exact) mass is 242 g/mol. The summed E-state index contributed by atoms with van der Waals surface area (Å²) in [6, 6.07) is 0. The van der Waals surface area contributed by atoms with Crippen LogP contribution in [0.3, 0.4) is 0 Å². The van der Waals surface area contributed by atoms with E-state index in [1.54, 1.807) is 0 Å². The first-order valence-electron chi connectivity index (χ1n) is 5.08. The van der Waals surface area contributed by atoms with Gasteiger partial charge in [-0.15, -0.1) is 0 Å². The minimum atomic E-state index is -0.320. The van der Waals surface area contributed by atoms with Crippen LogP contribution in [-0.2, 0) is 6.54 Å². The molecule has 1 aromatic rings. The van der Waals surface area contributed by atoms with Crippen molar-refractivity contribution in [3.05, 3.63) is 33.2 Å². The van der Waals surface area contributed by atoms with Gasteiger partial charge in [-0.25, -0.2) is 4.68 Å². The molecule has 0 N–H and O–H groups in total. The lowest BCUT2D eigenvalue weighted by Gasteiger charge is -2.07. The summed E-state index contributed by atoms with van der Waals surface area (Å²) >= 11 is 5.87. The number of allylic oxidation sites excluding steroid dienone is 1. The maximum Gasteiger partial charge on any atom is 0.289 e. The van der Waals surface area contributed by atoms with Crippen molar-refractivity contribution < 1.29 is 4.74 Å². The quantitative estimate of drug-likeness (QED) is 0.761. The lowest BCUT2D eigenvalue weighted by molar-refractivity contribution is 0.356. The molecule has 0 atom stereocenters. The van der Waals surface area contributed by atoms with E-state index in [1.165, 1.54) is 10.9 Å². The lowest BCUT2D eigenvalue weighted by atomic mass is 10.3. The van der Waals surface area contributed by atoms with Gasteiger partial charge in [0.1, 0.15) is 6.61 Å². The maximum atomic E-state index is 11.6. The van der Waals surface area contributed by atoms with Gasteiger partial charge in [0, 0.05) is 6.54 Å². The first kappa shape index (κ1) is 12.8. The maximum absolute atomic E-state index is 11.6. The Labute approximate surface area is 99.5 Å². The average Bonchev–Trinajstić information content (AvgIpc) is 2.24. The highest BCUT2D eigenvalue weighted by Gasteiger charge is 2.08. The van der Waals surface area contributed by atoms with Crippen molar-refractivity contribution in [2.75, 3.05) is 6.61 Å². The van der Waals surface area contributed by atoms with E-state index in [1.807, 2.05) is 26.8 Å². The Morgan fingerprint density at radius 1 is 1.62 bits per heavy atom. The predicted molar refractivity (Wildman–Crippen MR) is 64.1 cm³/mol. The zero-order valence-electron chi connectivity index (χ0n) is 9.66. The first-order valence-corrected chi connectivity index (χ1v) is 5.45. The van der Waals surface area contributed by atoms with E-state index in [-0.39, 0.29) is 10.6 Å². The molecule has 0 aliphatic rings. The SMILES string of the molecule is CCn1ncc(OCC=C(C)C)c(Cl)c1=O. The molecule has 0 radical (unpaired) electrons. The standard InChI is InChI=1S/C11H15ClN2O2/c1-4-14-11(15)10(12)9(7-13-14)16-6-5-8(2)3/h5,7H,4,6H2,1-3H3. The summed E-state index contributed by atoms with van der Waals surface area (Å²) in [4.78, 5) is 11.6. The van der Waals surface area contributed by atoms with Crippen molar-refractivity contribution in [2.45, 2.75) is 27.3 Å². The van der Waals surface area contributed by atoms with Crippen LogP contribution in [0.5, 0.6) is 5.75 Å². The van der Waals surface area contributed by atoms with E-state index in [0.29, 0.717) is 18.9 Å². The van der Waals surface area contributed by atoms with E-state index < -0.39 is 0 Å². The third-order valence-corrected chi connectivity index (χ3v) is 2.33. The molecule has 0 unspecified atom stereocenters. The molecule has 0 fully saturated rings. The fourth-order valence-corrected chi connectivity index (χ4v) is 1.27. The van der Waals surface area contributed by atoms with Crippen molar-refractivity contribution >= 4 is 11.6 Å². The van der Waals surface area contributed by atoms with Gasteiger partial charge < -0.3 is 4.74 Å². The predicted octanol–water partition coefficient (Wildman–Crippen LogP) is 2.26. The second-order valence-corrected chi connectivity index (χ2v) is 3.91. The van der Waals surface area contributed by atoms with Crippen molar-refractivity contribution in [2.24, 2.45) is 0 Å². The molecule has 0 spiro atoms. The van der Waals surface area contributed by atoms with Crippen LogP contribution < -0.4 is 10.3 Å². The van der Waals surface area contributed by atoms with Crippen molar-refractivity contribution in [1.29, 1.82) is 0 Å². The Hall–Kier alpha value is -1.29. The number of halogens is 1. The molecule has 0 saturated carbocycles. The Morgan fingerprint density at radius 2 is 2.31 bits per heavy atom. The van der Waals surface area contributed by atoms with Crippen LogP contribution in [0.4, 0.5) is 0 Å². The number of hydrogen-bond acceptors (Lipinski definition) is 3. The van der Waals surface area contributed by atoms with Gasteiger partial charge in [-0.05, 0) is 26.8 Å². The lowest BCUT2D eigenvalue weighted by Crippen LogP contribution is -2.22. The van der Waals surface area contributed by atoms with Crippen LogP contribution in [0.1, 0.15) is 20.8 Å². The second kappa shape index (κ2) is 5.70. The molecule has 0 amide bonds. The van der Waals surface area contributed by atoms with Crippen LogP contribution in [0.2, 0.25) is 5.02 Å². The highest BCUT2D eigenvalue weighted by atomic mass is 35.5. The second-order valence-electron chi connectivity index (χ2n) is 3.54. The first-order chi connectivity index (χ1) is 7.56. The van der Waals surface area contributed by atoms with Crippen LogP contribution in [0, 0.1) is 0 Å². The fraction of sp³-hybridized carbons (Fsp3) is 0.455. The number of aryl methyl sites for hydroxylation is 1. The average molecular weight is 243 g/mol. The smallest absolute Gasteiger partial charge is 0.289 e. The van der Waals surface area contributed by atoms with Gasteiger partial charge in [-0.2, -0.15) is 5.10 Å². The minimum absolute atomic E-state index is 0.0824. The summed E-state index contributed by atoms with van der Waals surface area (Å²) in [6.45, 7) is 6.65. The number of ether oxygens (including phenoxy) is 1. The molecule has 5 heteroatoms. The van der Waals surface area contributed by atoms with Gasteiger partial charge in [-0.1, -0.05) is 17.2 Å². The number of nitrogens with zero attached hydrogens (tertiary/aromatic N) is 2. The number of hydrogen-bond donors (Lipinski definition) is 0. The van der Waals surface area contributed by atoms with Crippen LogP contribution in [-0.4, -0.2) is 16.4 Å². The van der Waals surface area contributed by atoms with E-state index in [0.717, 1.165) is 5.57 Å². The van der Waals surface area contributed by atoms with E-state index in [4.69, 9.17) is 16.3 Å². The summed E-state index contributed by atoms with van der Waals surface area (Å²) < 4.78 is 6.63. The normalized spacial score (nSPS) is 10.0. The molecule has 0 aliphatic heterocycles. The van der Waals surface area contributed by atoms with E-state index in [2.05, 4.69) is 5.10 Å². The Balaban J connectivity index is 2.87. The van der Waals surface area contributed by atoms with Gasteiger partial charge in [0.15, 0.2) is 10.8 Å². The summed E-state index contributed by atoms with van der Waals surface area (Å²) in [5.41, 5.74) is 0.824. The Bertz CT molecular complexity index is 448. The largest absolute Gasteiger partial charge is 0.486 e. The number of rotatable bonds is 4. The van der Waals surface area contributed by atoms with Gasteiger partial charge in [-0.3, -0.25) is 4.79 Å². The Morgan fingerprint density at radius 3 is 2.88 bits per heavy atom. The summed E-state index contributed by atoms with van der Waals surface area (Å²) in [6.07, 6.45) is 3.37. The topological polar surface area (TPSA) is 44.1 Å². The third-order valence-electron chi connectivity index (χ3n) is 1.98. The molecular weight excluding hydrogens is 228 g/mol. The molecule has 1 heterocycles. The third kappa shape index (κ3) is 3.10. The summed E-state index contributed by atoms with van der Waals surface area (Å²) in [5.74, 6) is 0.328. The van der Waals surface area contributed by atoms with Gasteiger partial charge in [0.2, 0.25) is 0 Å². The highest BCUT2D eigenvalue weighted by Crippen LogP contribution is 2.18. The van der Waals surface area contributed by atoms with Crippen molar-refractivity contribution in [3.63, 3.8) is 0 Å². The van der Waals surface area contributed by atoms with Crippen LogP contribution in [0.25, 0.3) is 0 Å². The molecule has 88 valence electrons. The number of aromatic nitrogens is 2. The molecule has 0 bridgehead atoms. The van der Waals surface area contributed by atoms with Gasteiger partial charge in [0.25, 0.3) is 5.56 Å². The van der Waals surface area contributed by atoms with Gasteiger partial charge in [0.05, 0.1) is 6.20 Å². The van der Waals surface area contributed by atoms with Crippen LogP contribution >= 0.6 is 11.6 Å².